The van der Waals surface area contributed by atoms with Gasteiger partial charge in [-0.05, 0) is 30.4 Å². The standard InChI is InChI=1S/C16H26FN/c1-6-9-13(7-2)18(5)16-14(12(3)4)10-8-11-15(16)17/h8,10-13H,6-7,9H2,1-5H3. The second-order valence-electron chi connectivity index (χ2n) is 5.29. The highest BCUT2D eigenvalue weighted by Crippen LogP contribution is 2.31. The zero-order valence-electron chi connectivity index (χ0n) is 12.3. The molecule has 0 saturated carbocycles. The first kappa shape index (κ1) is 15.0. The van der Waals surface area contributed by atoms with E-state index < -0.39 is 0 Å². The summed E-state index contributed by atoms with van der Waals surface area (Å²) in [6, 6.07) is 5.83. The lowest BCUT2D eigenvalue weighted by Gasteiger charge is -2.32. The molecule has 1 aromatic carbocycles. The van der Waals surface area contributed by atoms with Gasteiger partial charge in [0.1, 0.15) is 5.82 Å². The van der Waals surface area contributed by atoms with Crippen molar-refractivity contribution in [2.45, 2.75) is 58.9 Å². The monoisotopic (exact) mass is 251 g/mol. The molecule has 1 aromatic rings. The predicted octanol–water partition coefficient (Wildman–Crippen LogP) is 4.96. The first-order valence-electron chi connectivity index (χ1n) is 7.04. The third-order valence-electron chi connectivity index (χ3n) is 3.63. The summed E-state index contributed by atoms with van der Waals surface area (Å²) in [6.45, 7) is 8.59. The minimum absolute atomic E-state index is 0.0988. The van der Waals surface area contributed by atoms with E-state index in [9.17, 15) is 4.39 Å². The summed E-state index contributed by atoms with van der Waals surface area (Å²) in [5.41, 5.74) is 1.89. The fourth-order valence-corrected chi connectivity index (χ4v) is 2.56. The van der Waals surface area contributed by atoms with Gasteiger partial charge >= 0.3 is 0 Å². The lowest BCUT2D eigenvalue weighted by atomic mass is 9.98. The van der Waals surface area contributed by atoms with E-state index in [4.69, 9.17) is 0 Å². The van der Waals surface area contributed by atoms with Crippen LogP contribution in [-0.4, -0.2) is 13.1 Å². The Kier molecular flexibility index (Phi) is 5.64. The maximum absolute atomic E-state index is 14.2. The van der Waals surface area contributed by atoms with Crippen molar-refractivity contribution in [3.8, 4) is 0 Å². The lowest BCUT2D eigenvalue weighted by molar-refractivity contribution is 0.537. The first-order valence-corrected chi connectivity index (χ1v) is 7.04. The van der Waals surface area contributed by atoms with E-state index in [1.54, 1.807) is 6.07 Å². The average Bonchev–Trinajstić information content (AvgIpc) is 2.34. The van der Waals surface area contributed by atoms with Gasteiger partial charge in [-0.25, -0.2) is 4.39 Å². The Labute approximate surface area is 111 Å². The van der Waals surface area contributed by atoms with Gasteiger partial charge in [0.05, 0.1) is 5.69 Å². The number of rotatable bonds is 6. The largest absolute Gasteiger partial charge is 0.369 e. The van der Waals surface area contributed by atoms with E-state index >= 15 is 0 Å². The van der Waals surface area contributed by atoms with E-state index in [0.717, 1.165) is 30.5 Å². The highest BCUT2D eigenvalue weighted by Gasteiger charge is 2.20. The molecule has 0 saturated heterocycles. The van der Waals surface area contributed by atoms with Crippen LogP contribution in [0.5, 0.6) is 0 Å². The van der Waals surface area contributed by atoms with Crippen LogP contribution in [-0.2, 0) is 0 Å². The fraction of sp³-hybridized carbons (Fsp3) is 0.625. The molecule has 0 amide bonds. The molecular formula is C16H26FN. The summed E-state index contributed by atoms with van der Waals surface area (Å²) in [5.74, 6) is 0.246. The van der Waals surface area contributed by atoms with Gasteiger partial charge in [0.25, 0.3) is 0 Å². The van der Waals surface area contributed by atoms with Gasteiger partial charge in [-0.2, -0.15) is 0 Å². The first-order chi connectivity index (χ1) is 8.52. The third kappa shape index (κ3) is 3.24. The third-order valence-corrected chi connectivity index (χ3v) is 3.63. The van der Waals surface area contributed by atoms with Crippen LogP contribution in [0.15, 0.2) is 18.2 Å². The van der Waals surface area contributed by atoms with Crippen molar-refractivity contribution in [1.29, 1.82) is 0 Å². The highest BCUT2D eigenvalue weighted by molar-refractivity contribution is 5.56. The molecule has 0 radical (unpaired) electrons. The molecule has 18 heavy (non-hydrogen) atoms. The van der Waals surface area contributed by atoms with Crippen LogP contribution in [0, 0.1) is 5.82 Å². The van der Waals surface area contributed by atoms with Crippen molar-refractivity contribution in [2.24, 2.45) is 0 Å². The number of para-hydroxylation sites is 1. The molecule has 0 aliphatic carbocycles. The van der Waals surface area contributed by atoms with Crippen molar-refractivity contribution < 1.29 is 4.39 Å². The van der Waals surface area contributed by atoms with Crippen LogP contribution in [0.4, 0.5) is 10.1 Å². The van der Waals surface area contributed by atoms with Crippen molar-refractivity contribution in [1.82, 2.24) is 0 Å². The average molecular weight is 251 g/mol. The number of nitrogens with zero attached hydrogens (tertiary/aromatic N) is 1. The van der Waals surface area contributed by atoms with E-state index in [0.29, 0.717) is 12.0 Å². The molecule has 1 rings (SSSR count). The van der Waals surface area contributed by atoms with Gasteiger partial charge in [-0.1, -0.05) is 46.2 Å². The zero-order chi connectivity index (χ0) is 13.7. The summed E-state index contributed by atoms with van der Waals surface area (Å²) in [4.78, 5) is 2.13. The van der Waals surface area contributed by atoms with Gasteiger partial charge in [0, 0.05) is 13.1 Å². The SMILES string of the molecule is CCCC(CC)N(C)c1c(F)cccc1C(C)C. The molecule has 0 aliphatic heterocycles. The molecule has 1 nitrogen and oxygen atoms in total. The normalized spacial score (nSPS) is 12.8. The maximum atomic E-state index is 14.2. The Hall–Kier alpha value is -1.05. The Morgan fingerprint density at radius 1 is 1.22 bits per heavy atom. The maximum Gasteiger partial charge on any atom is 0.146 e. The summed E-state index contributed by atoms with van der Waals surface area (Å²) >= 11 is 0. The molecule has 1 atom stereocenters. The molecule has 102 valence electrons. The minimum Gasteiger partial charge on any atom is -0.369 e. The number of hydrogen-bond donors (Lipinski definition) is 0. The van der Waals surface area contributed by atoms with Gasteiger partial charge in [0.15, 0.2) is 0 Å². The summed E-state index contributed by atoms with van der Waals surface area (Å²) in [7, 11) is 2.02. The Balaban J connectivity index is 3.13. The minimum atomic E-state index is -0.0988. The number of hydrogen-bond acceptors (Lipinski definition) is 1. The Morgan fingerprint density at radius 3 is 2.39 bits per heavy atom. The highest BCUT2D eigenvalue weighted by atomic mass is 19.1. The molecule has 0 N–H and O–H groups in total. The Morgan fingerprint density at radius 2 is 1.89 bits per heavy atom. The smallest absolute Gasteiger partial charge is 0.146 e. The van der Waals surface area contributed by atoms with Crippen molar-refractivity contribution in [3.63, 3.8) is 0 Å². The van der Waals surface area contributed by atoms with Crippen LogP contribution >= 0.6 is 0 Å². The van der Waals surface area contributed by atoms with E-state index in [1.807, 2.05) is 19.2 Å². The quantitative estimate of drug-likeness (QED) is 0.690. The van der Waals surface area contributed by atoms with Crippen molar-refractivity contribution in [3.05, 3.63) is 29.6 Å². The van der Waals surface area contributed by atoms with Gasteiger partial charge in [0.2, 0.25) is 0 Å². The number of halogens is 1. The summed E-state index contributed by atoms with van der Waals surface area (Å²) in [5, 5.41) is 0. The zero-order valence-corrected chi connectivity index (χ0v) is 12.3. The van der Waals surface area contributed by atoms with Gasteiger partial charge in [-0.15, -0.1) is 0 Å². The topological polar surface area (TPSA) is 3.24 Å². The van der Waals surface area contributed by atoms with Crippen LogP contribution < -0.4 is 4.90 Å². The number of anilines is 1. The fourth-order valence-electron chi connectivity index (χ4n) is 2.56. The van der Waals surface area contributed by atoms with Crippen LogP contribution in [0.1, 0.15) is 58.4 Å². The summed E-state index contributed by atoms with van der Waals surface area (Å²) < 4.78 is 14.2. The van der Waals surface area contributed by atoms with Crippen LogP contribution in [0.3, 0.4) is 0 Å². The van der Waals surface area contributed by atoms with Crippen molar-refractivity contribution in [2.75, 3.05) is 11.9 Å². The molecule has 0 fully saturated rings. The molecule has 0 spiro atoms. The predicted molar refractivity (Wildman–Crippen MR) is 77.9 cm³/mol. The van der Waals surface area contributed by atoms with E-state index in [2.05, 4.69) is 32.6 Å². The Bertz CT molecular complexity index is 373. The second kappa shape index (κ2) is 6.77. The molecule has 0 aromatic heterocycles. The molecular weight excluding hydrogens is 225 g/mol. The molecule has 1 unspecified atom stereocenters. The number of benzene rings is 1. The van der Waals surface area contributed by atoms with E-state index in [1.165, 1.54) is 0 Å². The van der Waals surface area contributed by atoms with E-state index in [-0.39, 0.29) is 5.82 Å². The molecule has 2 heteroatoms. The van der Waals surface area contributed by atoms with Crippen LogP contribution in [0.2, 0.25) is 0 Å². The van der Waals surface area contributed by atoms with Crippen molar-refractivity contribution >= 4 is 5.69 Å². The molecule has 0 heterocycles. The molecule has 0 bridgehead atoms. The van der Waals surface area contributed by atoms with Gasteiger partial charge < -0.3 is 4.90 Å². The molecule has 0 aliphatic rings. The second-order valence-corrected chi connectivity index (χ2v) is 5.29. The van der Waals surface area contributed by atoms with Gasteiger partial charge in [-0.3, -0.25) is 0 Å². The van der Waals surface area contributed by atoms with Crippen LogP contribution in [0.25, 0.3) is 0 Å². The summed E-state index contributed by atoms with van der Waals surface area (Å²) in [6.07, 6.45) is 3.30. The lowest BCUT2D eigenvalue weighted by Crippen LogP contribution is -2.32.